The van der Waals surface area contributed by atoms with Crippen LogP contribution in [-0.4, -0.2) is 10.4 Å². The van der Waals surface area contributed by atoms with Crippen molar-refractivity contribution in [2.45, 2.75) is 60.4 Å². The Morgan fingerprint density at radius 3 is 1.36 bits per heavy atom. The summed E-state index contributed by atoms with van der Waals surface area (Å²) in [6.45, 7) is 15.2. The van der Waals surface area contributed by atoms with E-state index in [0.29, 0.717) is 5.54 Å². The van der Waals surface area contributed by atoms with E-state index < -0.39 is 0 Å². The molecule has 0 aliphatic carbocycles. The number of hydrogen-bond acceptors (Lipinski definition) is 1. The van der Waals surface area contributed by atoms with Gasteiger partial charge in [0.2, 0.25) is 0 Å². The van der Waals surface area contributed by atoms with Gasteiger partial charge >= 0.3 is 58.2 Å². The van der Waals surface area contributed by atoms with Crippen LogP contribution in [0.2, 0.25) is 0 Å². The summed E-state index contributed by atoms with van der Waals surface area (Å²) in [4.78, 5) is 2.41. The molecule has 0 unspecified atom stereocenters. The first kappa shape index (κ1) is 20.2. The van der Waals surface area contributed by atoms with Crippen molar-refractivity contribution >= 4 is 0 Å². The van der Waals surface area contributed by atoms with Gasteiger partial charge in [-0.25, -0.2) is 0 Å². The smallest absolute Gasteiger partial charge is 0.600 e. The third-order valence-electron chi connectivity index (χ3n) is 1.95. The number of rotatable bonds is 0. The second-order valence-corrected chi connectivity index (χ2v) is 4.15. The molecule has 0 radical (unpaired) electrons. The average molecular weight is 522 g/mol. The standard InChI is InChI=1S/C9H17N.C2H6.Rb.Rf/c1-7-6-8(2)10(7)9(3,4)5;1-2;;/h6H2,1-5H3;1-2H3;;/q-2;;+1;. The minimum atomic E-state index is 0. The maximum atomic E-state index is 2.41. The zero-order valence-corrected chi connectivity index (χ0v) is 22.7. The minimum Gasteiger partial charge on any atom is -0.600 e. The van der Waals surface area contributed by atoms with Gasteiger partial charge in [-0.15, -0.1) is 0 Å². The van der Waals surface area contributed by atoms with Crippen LogP contribution in [0.15, 0.2) is 0 Å². The first-order valence-corrected chi connectivity index (χ1v) is 4.88. The van der Waals surface area contributed by atoms with Crippen LogP contribution in [0.1, 0.15) is 54.9 Å². The van der Waals surface area contributed by atoms with Crippen LogP contribution in [-0.2, 0) is 0 Å². The van der Waals surface area contributed by atoms with Crippen LogP contribution < -0.4 is 58.2 Å². The molecule has 3 heteroatoms. The largest absolute Gasteiger partial charge is 1.00 e. The molecule has 0 aromatic carbocycles. The Morgan fingerprint density at radius 1 is 1.00 bits per heavy atom. The van der Waals surface area contributed by atoms with Gasteiger partial charge in [-0.1, -0.05) is 34.6 Å². The summed E-state index contributed by atoms with van der Waals surface area (Å²) in [7, 11) is 0. The van der Waals surface area contributed by atoms with Crippen molar-refractivity contribution in [3.05, 3.63) is 12.1 Å². The van der Waals surface area contributed by atoms with E-state index in [9.17, 15) is 0 Å². The fraction of sp³-hybridized carbons (Fsp3) is 0.818. The molecule has 0 aromatic rings. The van der Waals surface area contributed by atoms with Gasteiger partial charge in [-0.3, -0.25) is 6.42 Å². The van der Waals surface area contributed by atoms with E-state index >= 15 is 0 Å². The molecule has 1 rings (SSSR count). The Morgan fingerprint density at radius 2 is 1.29 bits per heavy atom. The summed E-state index contributed by atoms with van der Waals surface area (Å²) in [6.07, 6.45) is 1.21. The van der Waals surface area contributed by atoms with Crippen molar-refractivity contribution in [1.29, 1.82) is 0 Å². The Hall–Kier alpha value is 0.765. The summed E-state index contributed by atoms with van der Waals surface area (Å²) in [5.41, 5.74) is 0.298. The van der Waals surface area contributed by atoms with Crippen molar-refractivity contribution in [2.24, 2.45) is 0 Å². The summed E-state index contributed by atoms with van der Waals surface area (Å²) in [5, 5.41) is 0. The predicted octanol–water partition coefficient (Wildman–Crippen LogP) is 0.625. The Labute approximate surface area is 133 Å². The molecule has 76 valence electrons. The fourth-order valence-corrected chi connectivity index (χ4v) is 1.91. The molecule has 1 fully saturated rings. The summed E-state index contributed by atoms with van der Waals surface area (Å²) < 4.78 is 0. The van der Waals surface area contributed by atoms with E-state index in [2.05, 4.69) is 39.5 Å². The Bertz CT molecular complexity index is 126. The maximum absolute atomic E-state index is 2.41. The van der Waals surface area contributed by atoms with Gasteiger partial charge in [0, 0.05) is 0 Å². The normalized spacial score (nSPS) is 18.2. The minimum absolute atomic E-state index is 0. The molecule has 14 heavy (non-hydrogen) atoms. The second kappa shape index (κ2) is 7.98. The van der Waals surface area contributed by atoms with Crippen LogP contribution in [0.25, 0.3) is 0 Å². The van der Waals surface area contributed by atoms with Gasteiger partial charge in [0.05, 0.1) is 0 Å². The van der Waals surface area contributed by atoms with Gasteiger partial charge in [-0.2, -0.15) is 13.8 Å². The van der Waals surface area contributed by atoms with E-state index in [4.69, 9.17) is 0 Å². The number of nitrogens with zero attached hydrogens (tertiary/aromatic N) is 1. The van der Waals surface area contributed by atoms with Crippen molar-refractivity contribution < 1.29 is 58.2 Å². The average Bonchev–Trinajstić information content (AvgIpc) is 1.87. The third-order valence-corrected chi connectivity index (χ3v) is 1.95. The first-order chi connectivity index (χ1) is 5.43. The maximum Gasteiger partial charge on any atom is 1.00 e. The van der Waals surface area contributed by atoms with Gasteiger partial charge in [-0.05, 0) is 5.54 Å². The summed E-state index contributed by atoms with van der Waals surface area (Å²) in [6, 6.07) is 3.01. The third kappa shape index (κ3) is 5.02. The van der Waals surface area contributed by atoms with Gasteiger partial charge in [0.1, 0.15) is 0 Å². The van der Waals surface area contributed by atoms with Gasteiger partial charge in [0.25, 0.3) is 0 Å². The van der Waals surface area contributed by atoms with E-state index in [1.165, 1.54) is 18.5 Å². The predicted molar refractivity (Wildman–Crippen MR) is 55.4 cm³/mol. The van der Waals surface area contributed by atoms with E-state index in [0.717, 1.165) is 0 Å². The second-order valence-electron chi connectivity index (χ2n) is 4.15. The molecular formula is C11H23NRbRf-. The van der Waals surface area contributed by atoms with Crippen LogP contribution in [0.3, 0.4) is 0 Å². The molecule has 0 N–H and O–H groups in total. The fourth-order valence-electron chi connectivity index (χ4n) is 1.91. The SMILES string of the molecule is CC.C[C-]1C[C-](C)N1C(C)(C)C.[Rb+].[Rf]. The molecule has 0 atom stereocenters. The summed E-state index contributed by atoms with van der Waals surface area (Å²) >= 11 is 0. The first-order valence-electron chi connectivity index (χ1n) is 4.88. The van der Waals surface area contributed by atoms with Crippen molar-refractivity contribution in [3.63, 3.8) is 0 Å². The molecule has 1 aliphatic heterocycles. The quantitative estimate of drug-likeness (QED) is 0.423. The van der Waals surface area contributed by atoms with E-state index in [1.54, 1.807) is 0 Å². The molecule has 1 saturated heterocycles. The molecule has 0 saturated carbocycles. The van der Waals surface area contributed by atoms with Crippen molar-refractivity contribution in [2.75, 3.05) is 0 Å². The van der Waals surface area contributed by atoms with Crippen LogP contribution in [0.4, 0.5) is 0 Å². The van der Waals surface area contributed by atoms with E-state index in [1.807, 2.05) is 13.8 Å². The van der Waals surface area contributed by atoms with Crippen molar-refractivity contribution in [3.8, 4) is 0 Å². The molecule has 1 heterocycles. The Balaban J connectivity index is -0.000000284. The molecule has 0 bridgehead atoms. The molecular weight excluding hydrogens is 499 g/mol. The molecule has 1 aliphatic rings. The number of hydrogen-bond donors (Lipinski definition) is 0. The Kier molecular flexibility index (Phi) is 11.5. The topological polar surface area (TPSA) is 3.24 Å². The molecule has 0 aromatic heterocycles. The monoisotopic (exact) mass is 521 g/mol. The van der Waals surface area contributed by atoms with Crippen LogP contribution in [0, 0.1) is 12.1 Å². The van der Waals surface area contributed by atoms with E-state index in [-0.39, 0.29) is 58.2 Å². The summed E-state index contributed by atoms with van der Waals surface area (Å²) in [5.74, 6) is 0. The number of likely N-dealkylation sites (tertiary alicyclic amines) is 1. The van der Waals surface area contributed by atoms with Crippen LogP contribution in [0.5, 0.6) is 0 Å². The van der Waals surface area contributed by atoms with Gasteiger partial charge < -0.3 is 17.0 Å². The van der Waals surface area contributed by atoms with Gasteiger partial charge in [0.15, 0.2) is 0 Å². The molecule has 0 amide bonds. The zero-order chi connectivity index (χ0) is 9.94. The molecule has 0 spiro atoms. The van der Waals surface area contributed by atoms with Crippen LogP contribution >= 0.6 is 0 Å². The zero-order valence-electron chi connectivity index (χ0n) is 11.4. The van der Waals surface area contributed by atoms with Crippen molar-refractivity contribution in [1.82, 2.24) is 4.90 Å². The molecule has 1 nitrogen and oxygen atoms in total.